The highest BCUT2D eigenvalue weighted by Gasteiger charge is 1.80. The molecule has 0 aromatic carbocycles. The van der Waals surface area contributed by atoms with Crippen LogP contribution in [0.4, 0.5) is 0 Å². The minimum atomic E-state index is 1.38. The van der Waals surface area contributed by atoms with Crippen LogP contribution in [0.5, 0.6) is 0 Å². The molecule has 0 radical (unpaired) electrons. The molecule has 0 amide bonds. The summed E-state index contributed by atoms with van der Waals surface area (Å²) in [4.78, 5) is 0. The van der Waals surface area contributed by atoms with Crippen molar-refractivity contribution in [2.75, 3.05) is 0 Å². The highest BCUT2D eigenvalue weighted by atomic mass is 27.0. The fourth-order valence-electron chi connectivity index (χ4n) is 0.677. The lowest BCUT2D eigenvalue weighted by atomic mass is 10.2. The van der Waals surface area contributed by atoms with E-state index in [1.807, 2.05) is 0 Å². The van der Waals surface area contributed by atoms with Gasteiger partial charge in [0, 0.05) is 0 Å². The molecule has 0 unspecified atom stereocenters. The average molecular weight is 114 g/mol. The normalized spacial score (nSPS) is 9.29. The molecule has 0 aromatic heterocycles. The molecule has 0 saturated heterocycles. The van der Waals surface area contributed by atoms with Crippen LogP contribution in [-0.4, -0.2) is 16.3 Å². The first-order chi connectivity index (χ1) is 3.41. The van der Waals surface area contributed by atoms with Crippen molar-refractivity contribution >= 4 is 16.3 Å². The quantitative estimate of drug-likeness (QED) is 0.385. The fourth-order valence-corrected chi connectivity index (χ4v) is 1.18. The Balaban J connectivity index is 2.45. The van der Waals surface area contributed by atoms with E-state index in [0.717, 1.165) is 0 Å². The summed E-state index contributed by atoms with van der Waals surface area (Å²) < 4.78 is 0. The predicted molar refractivity (Wildman–Crippen MR) is 37.5 cm³/mol. The molecule has 0 bridgehead atoms. The summed E-state index contributed by atoms with van der Waals surface area (Å²) in [6.07, 6.45) is 5.78. The third-order valence-electron chi connectivity index (χ3n) is 1.21. The van der Waals surface area contributed by atoms with Crippen LogP contribution in [0.2, 0.25) is 5.28 Å². The van der Waals surface area contributed by atoms with Gasteiger partial charge in [0.1, 0.15) is 0 Å². The largest absolute Gasteiger partial charge is 0.211 e. The third-order valence-corrected chi connectivity index (χ3v) is 1.91. The molecule has 42 valence electrons. The van der Waals surface area contributed by atoms with Crippen LogP contribution in [-0.2, 0) is 0 Å². The number of unbranched alkanes of at least 4 members (excludes halogenated alkanes) is 3. The number of hydrogen-bond acceptors (Lipinski definition) is 0. The lowest BCUT2D eigenvalue weighted by Crippen LogP contribution is -1.72. The highest BCUT2D eigenvalue weighted by molar-refractivity contribution is 6.08. The zero-order valence-corrected chi connectivity index (χ0v) is 7.54. The zero-order valence-electron chi connectivity index (χ0n) is 5.54. The van der Waals surface area contributed by atoms with Gasteiger partial charge in [0.15, 0.2) is 0 Å². The van der Waals surface area contributed by atoms with E-state index in [4.69, 9.17) is 0 Å². The molecule has 0 N–H and O–H groups in total. The van der Waals surface area contributed by atoms with Gasteiger partial charge >= 0.3 is 0 Å². The van der Waals surface area contributed by atoms with E-state index in [0.29, 0.717) is 0 Å². The molecule has 0 rings (SSSR count). The average Bonchev–Trinajstić information content (AvgIpc) is 1.69. The highest BCUT2D eigenvalue weighted by Crippen LogP contribution is 1.99. The van der Waals surface area contributed by atoms with Crippen molar-refractivity contribution in [2.45, 2.75) is 37.9 Å². The number of rotatable bonds is 4. The molecule has 0 atom stereocenters. The van der Waals surface area contributed by atoms with Crippen LogP contribution in [0.3, 0.4) is 0 Å². The predicted octanol–water partition coefficient (Wildman–Crippen LogP) is 1.62. The van der Waals surface area contributed by atoms with Crippen molar-refractivity contribution in [3.05, 3.63) is 0 Å². The second kappa shape index (κ2) is 6.53. The molecule has 0 heterocycles. The van der Waals surface area contributed by atoms with E-state index in [2.05, 4.69) is 6.92 Å². The Morgan fingerprint density at radius 1 is 1.14 bits per heavy atom. The summed E-state index contributed by atoms with van der Waals surface area (Å²) in [5.41, 5.74) is 0. The van der Waals surface area contributed by atoms with E-state index in [-0.39, 0.29) is 0 Å². The Bertz CT molecular complexity index is 23.4. The molecular formula is C6H15Al. The SMILES string of the molecule is CCCCC[CH2][AlH2]. The van der Waals surface area contributed by atoms with Gasteiger partial charge in [-0.15, -0.1) is 5.28 Å². The molecule has 0 spiro atoms. The van der Waals surface area contributed by atoms with Crippen molar-refractivity contribution in [1.82, 2.24) is 0 Å². The van der Waals surface area contributed by atoms with E-state index < -0.39 is 0 Å². The van der Waals surface area contributed by atoms with E-state index >= 15 is 0 Å². The first-order valence-corrected chi connectivity index (χ1v) is 4.83. The van der Waals surface area contributed by atoms with Crippen molar-refractivity contribution in [3.8, 4) is 0 Å². The van der Waals surface area contributed by atoms with Crippen LogP contribution in [0.25, 0.3) is 0 Å². The van der Waals surface area contributed by atoms with Gasteiger partial charge < -0.3 is 0 Å². The summed E-state index contributed by atoms with van der Waals surface area (Å²) in [6.45, 7) is 2.26. The third kappa shape index (κ3) is 6.53. The molecule has 0 aliphatic carbocycles. The molecule has 1 heteroatoms. The maximum Gasteiger partial charge on any atom is 0.211 e. The van der Waals surface area contributed by atoms with E-state index in [1.165, 1.54) is 47.3 Å². The van der Waals surface area contributed by atoms with E-state index in [1.54, 1.807) is 0 Å². The molecule has 7 heavy (non-hydrogen) atoms. The standard InChI is InChI=1S/C6H13.Al.2H/c1-3-5-6-4-2;;;/h1,3-6H2,2H3;;;. The molecule has 0 nitrogen and oxygen atoms in total. The first kappa shape index (κ1) is 7.53. The van der Waals surface area contributed by atoms with Crippen molar-refractivity contribution < 1.29 is 0 Å². The van der Waals surface area contributed by atoms with Gasteiger partial charge in [-0.1, -0.05) is 32.6 Å². The Kier molecular flexibility index (Phi) is 7.03. The molecule has 0 aliphatic heterocycles. The van der Waals surface area contributed by atoms with Gasteiger partial charge in [-0.3, -0.25) is 0 Å². The van der Waals surface area contributed by atoms with Crippen LogP contribution < -0.4 is 0 Å². The van der Waals surface area contributed by atoms with Crippen molar-refractivity contribution in [1.29, 1.82) is 0 Å². The lowest BCUT2D eigenvalue weighted by molar-refractivity contribution is 0.701. The van der Waals surface area contributed by atoms with Gasteiger partial charge in [0.05, 0.1) is 0 Å². The second-order valence-corrected chi connectivity index (χ2v) is 3.06. The van der Waals surface area contributed by atoms with Gasteiger partial charge in [0.2, 0.25) is 16.3 Å². The Labute approximate surface area is 54.7 Å². The van der Waals surface area contributed by atoms with Gasteiger partial charge in [-0.05, 0) is 0 Å². The van der Waals surface area contributed by atoms with Crippen LogP contribution >= 0.6 is 0 Å². The fraction of sp³-hybridized carbons (Fsp3) is 1.00. The smallest absolute Gasteiger partial charge is 0.101 e. The van der Waals surface area contributed by atoms with E-state index in [9.17, 15) is 0 Å². The monoisotopic (exact) mass is 114 g/mol. The van der Waals surface area contributed by atoms with Crippen LogP contribution in [0, 0.1) is 0 Å². The first-order valence-electron chi connectivity index (χ1n) is 3.41. The summed E-state index contributed by atoms with van der Waals surface area (Å²) in [7, 11) is 0. The minimum absolute atomic E-state index is 1.38. The summed E-state index contributed by atoms with van der Waals surface area (Å²) in [5, 5.41) is 1.50. The molecule has 0 aliphatic rings. The topological polar surface area (TPSA) is 0 Å². The number of hydrogen-bond donors (Lipinski definition) is 0. The second-order valence-electron chi connectivity index (χ2n) is 2.06. The summed E-state index contributed by atoms with van der Waals surface area (Å²) >= 11 is 1.41. The Morgan fingerprint density at radius 3 is 2.29 bits per heavy atom. The lowest BCUT2D eigenvalue weighted by Gasteiger charge is -1.90. The maximum absolute atomic E-state index is 2.26. The van der Waals surface area contributed by atoms with Gasteiger partial charge in [-0.2, -0.15) is 0 Å². The summed E-state index contributed by atoms with van der Waals surface area (Å²) in [6, 6.07) is 0. The molecular weight excluding hydrogens is 99.0 g/mol. The maximum atomic E-state index is 2.26. The molecule has 0 aromatic rings. The van der Waals surface area contributed by atoms with Crippen molar-refractivity contribution in [3.63, 3.8) is 0 Å². The van der Waals surface area contributed by atoms with Crippen molar-refractivity contribution in [2.24, 2.45) is 0 Å². The molecule has 0 saturated carbocycles. The van der Waals surface area contributed by atoms with Gasteiger partial charge in [0.25, 0.3) is 0 Å². The minimum Gasteiger partial charge on any atom is -0.101 e. The Morgan fingerprint density at radius 2 is 1.86 bits per heavy atom. The van der Waals surface area contributed by atoms with Crippen LogP contribution in [0.15, 0.2) is 0 Å². The zero-order chi connectivity index (χ0) is 5.54. The molecule has 0 fully saturated rings. The Hall–Kier alpha value is 0.532. The summed E-state index contributed by atoms with van der Waals surface area (Å²) in [5.74, 6) is 0. The van der Waals surface area contributed by atoms with Gasteiger partial charge in [-0.25, -0.2) is 0 Å². The van der Waals surface area contributed by atoms with Crippen LogP contribution in [0.1, 0.15) is 32.6 Å².